The summed E-state index contributed by atoms with van der Waals surface area (Å²) in [6, 6.07) is 4.36. The third-order valence-electron chi connectivity index (χ3n) is 4.83. The van der Waals surface area contributed by atoms with Crippen LogP contribution in [0.5, 0.6) is 0 Å². The molecule has 1 amide bonds. The van der Waals surface area contributed by atoms with Gasteiger partial charge in [-0.05, 0) is 59.7 Å². The summed E-state index contributed by atoms with van der Waals surface area (Å²) in [6.45, 7) is 2.32. The van der Waals surface area contributed by atoms with Crippen LogP contribution < -0.4 is 10.2 Å². The quantitative estimate of drug-likeness (QED) is 0.856. The van der Waals surface area contributed by atoms with Gasteiger partial charge in [0.1, 0.15) is 0 Å². The Morgan fingerprint density at radius 1 is 1.29 bits per heavy atom. The van der Waals surface area contributed by atoms with E-state index in [1.165, 1.54) is 25.7 Å². The van der Waals surface area contributed by atoms with Crippen LogP contribution in [0.15, 0.2) is 16.6 Å². The van der Waals surface area contributed by atoms with Crippen LogP contribution in [0.2, 0.25) is 0 Å². The van der Waals surface area contributed by atoms with E-state index < -0.39 is 6.10 Å². The van der Waals surface area contributed by atoms with Gasteiger partial charge in [0, 0.05) is 28.8 Å². The van der Waals surface area contributed by atoms with Crippen molar-refractivity contribution in [3.63, 3.8) is 0 Å². The number of anilines is 2. The van der Waals surface area contributed by atoms with Crippen molar-refractivity contribution in [1.29, 1.82) is 0 Å². The number of amides is 1. The third-order valence-corrected chi connectivity index (χ3v) is 5.47. The van der Waals surface area contributed by atoms with Crippen LogP contribution in [0, 0.1) is 5.92 Å². The topological polar surface area (TPSA) is 52.6 Å². The molecular formula is C16H21BrN2O2. The standard InChI is InChI=1S/C16H21BrN2O2/c1-9-3-5-10(6-4-9)19(2)14-8-13-11(7-12(14)17)15(20)16(21)18-13/h7-10,15,20H,3-6H2,1-2H3,(H,18,21). The Labute approximate surface area is 133 Å². The number of carbonyl (C=O) groups excluding carboxylic acids is 1. The molecule has 3 rings (SSSR count). The van der Waals surface area contributed by atoms with E-state index in [4.69, 9.17) is 0 Å². The Morgan fingerprint density at radius 2 is 1.95 bits per heavy atom. The molecule has 2 N–H and O–H groups in total. The molecule has 1 aromatic carbocycles. The second-order valence-electron chi connectivity index (χ2n) is 6.31. The molecule has 1 aromatic rings. The maximum Gasteiger partial charge on any atom is 0.257 e. The Bertz CT molecular complexity index is 568. The molecule has 0 saturated heterocycles. The van der Waals surface area contributed by atoms with Gasteiger partial charge in [0.2, 0.25) is 0 Å². The summed E-state index contributed by atoms with van der Waals surface area (Å²) in [5.41, 5.74) is 2.45. The molecule has 114 valence electrons. The fourth-order valence-electron chi connectivity index (χ4n) is 3.35. The van der Waals surface area contributed by atoms with Crippen LogP contribution in [0.25, 0.3) is 0 Å². The highest BCUT2D eigenvalue weighted by molar-refractivity contribution is 9.10. The highest BCUT2D eigenvalue weighted by Crippen LogP contribution is 2.40. The van der Waals surface area contributed by atoms with Gasteiger partial charge in [-0.25, -0.2) is 0 Å². The molecular weight excluding hydrogens is 332 g/mol. The maximum absolute atomic E-state index is 11.6. The molecule has 21 heavy (non-hydrogen) atoms. The molecule has 1 atom stereocenters. The van der Waals surface area contributed by atoms with Crippen molar-refractivity contribution >= 4 is 33.2 Å². The van der Waals surface area contributed by atoms with E-state index in [1.807, 2.05) is 12.1 Å². The zero-order chi connectivity index (χ0) is 15.1. The van der Waals surface area contributed by atoms with Crippen LogP contribution in [-0.2, 0) is 4.79 Å². The summed E-state index contributed by atoms with van der Waals surface area (Å²) in [4.78, 5) is 13.9. The van der Waals surface area contributed by atoms with Crippen LogP contribution >= 0.6 is 15.9 Å². The third kappa shape index (κ3) is 2.69. The first-order chi connectivity index (χ1) is 9.97. The van der Waals surface area contributed by atoms with Crippen molar-refractivity contribution in [3.8, 4) is 0 Å². The second kappa shape index (κ2) is 5.61. The van der Waals surface area contributed by atoms with Crippen LogP contribution in [0.3, 0.4) is 0 Å². The number of hydrogen-bond donors (Lipinski definition) is 2. The summed E-state index contributed by atoms with van der Waals surface area (Å²) >= 11 is 3.58. The van der Waals surface area contributed by atoms with Crippen molar-refractivity contribution in [1.82, 2.24) is 0 Å². The number of aliphatic hydroxyl groups excluding tert-OH is 1. The van der Waals surface area contributed by atoms with Crippen molar-refractivity contribution in [2.75, 3.05) is 17.3 Å². The molecule has 0 aromatic heterocycles. The molecule has 1 heterocycles. The lowest BCUT2D eigenvalue weighted by molar-refractivity contribution is -0.123. The Balaban J connectivity index is 1.86. The van der Waals surface area contributed by atoms with Gasteiger partial charge < -0.3 is 15.3 Å². The molecule has 1 unspecified atom stereocenters. The lowest BCUT2D eigenvalue weighted by Crippen LogP contribution is -2.35. The van der Waals surface area contributed by atoms with E-state index in [9.17, 15) is 9.90 Å². The summed E-state index contributed by atoms with van der Waals surface area (Å²) in [6.07, 6.45) is 3.90. The number of aliphatic hydroxyl groups is 1. The molecule has 0 bridgehead atoms. The van der Waals surface area contributed by atoms with Crippen LogP contribution in [-0.4, -0.2) is 24.1 Å². The number of halogens is 1. The lowest BCUT2D eigenvalue weighted by atomic mass is 9.86. The number of rotatable bonds is 2. The van der Waals surface area contributed by atoms with Crippen molar-refractivity contribution in [2.45, 2.75) is 44.8 Å². The minimum absolute atomic E-state index is 0.344. The highest BCUT2D eigenvalue weighted by atomic mass is 79.9. The average molecular weight is 353 g/mol. The Kier molecular flexibility index (Phi) is 3.97. The smallest absolute Gasteiger partial charge is 0.257 e. The van der Waals surface area contributed by atoms with Crippen molar-refractivity contribution in [2.24, 2.45) is 5.92 Å². The highest BCUT2D eigenvalue weighted by Gasteiger charge is 2.31. The molecule has 5 heteroatoms. The van der Waals surface area contributed by atoms with Gasteiger partial charge in [-0.1, -0.05) is 6.92 Å². The Morgan fingerprint density at radius 3 is 2.62 bits per heavy atom. The van der Waals surface area contributed by atoms with Crippen molar-refractivity contribution < 1.29 is 9.90 Å². The number of fused-ring (bicyclic) bond motifs is 1. The number of hydrogen-bond acceptors (Lipinski definition) is 3. The lowest BCUT2D eigenvalue weighted by Gasteiger charge is -2.35. The van der Waals surface area contributed by atoms with E-state index in [0.717, 1.165) is 21.8 Å². The fourth-order valence-corrected chi connectivity index (χ4v) is 3.99. The van der Waals surface area contributed by atoms with Gasteiger partial charge in [0.25, 0.3) is 5.91 Å². The molecule has 1 saturated carbocycles. The number of nitrogens with zero attached hydrogens (tertiary/aromatic N) is 1. The summed E-state index contributed by atoms with van der Waals surface area (Å²) in [5.74, 6) is 0.482. The largest absolute Gasteiger partial charge is 0.378 e. The SMILES string of the molecule is CC1CCC(N(C)c2cc3c(cc2Br)C(O)C(=O)N3)CC1. The number of carbonyl (C=O) groups is 1. The number of benzene rings is 1. The van der Waals surface area contributed by atoms with Gasteiger partial charge in [-0.15, -0.1) is 0 Å². The second-order valence-corrected chi connectivity index (χ2v) is 7.16. The zero-order valence-corrected chi connectivity index (χ0v) is 14.0. The maximum atomic E-state index is 11.6. The first kappa shape index (κ1) is 14.9. The molecule has 2 aliphatic rings. The van der Waals surface area contributed by atoms with Gasteiger partial charge in [0.15, 0.2) is 6.10 Å². The minimum Gasteiger partial charge on any atom is -0.378 e. The number of nitrogens with one attached hydrogen (secondary N) is 1. The van der Waals surface area contributed by atoms with Gasteiger partial charge >= 0.3 is 0 Å². The monoisotopic (exact) mass is 352 g/mol. The van der Waals surface area contributed by atoms with E-state index in [0.29, 0.717) is 11.6 Å². The zero-order valence-electron chi connectivity index (χ0n) is 12.4. The van der Waals surface area contributed by atoms with E-state index in [1.54, 1.807) is 0 Å². The van der Waals surface area contributed by atoms with Gasteiger partial charge in [0.05, 0.1) is 5.69 Å². The van der Waals surface area contributed by atoms with Gasteiger partial charge in [-0.2, -0.15) is 0 Å². The molecule has 1 aliphatic heterocycles. The molecule has 0 radical (unpaired) electrons. The predicted molar refractivity (Wildman–Crippen MR) is 87.6 cm³/mol. The minimum atomic E-state index is -1.05. The molecule has 4 nitrogen and oxygen atoms in total. The van der Waals surface area contributed by atoms with Crippen LogP contribution in [0.1, 0.15) is 44.3 Å². The van der Waals surface area contributed by atoms with Crippen LogP contribution in [0.4, 0.5) is 11.4 Å². The molecule has 0 spiro atoms. The summed E-state index contributed by atoms with van der Waals surface area (Å²) in [5, 5.41) is 12.6. The summed E-state index contributed by atoms with van der Waals surface area (Å²) < 4.78 is 0.929. The summed E-state index contributed by atoms with van der Waals surface area (Å²) in [7, 11) is 2.11. The first-order valence-corrected chi connectivity index (χ1v) is 8.32. The van der Waals surface area contributed by atoms with Gasteiger partial charge in [-0.3, -0.25) is 4.79 Å². The van der Waals surface area contributed by atoms with Crippen molar-refractivity contribution in [3.05, 3.63) is 22.2 Å². The molecule has 1 fully saturated rings. The Hall–Kier alpha value is -1.07. The van der Waals surface area contributed by atoms with E-state index in [2.05, 4.69) is 40.1 Å². The first-order valence-electron chi connectivity index (χ1n) is 7.52. The normalized spacial score (nSPS) is 28.2. The van der Waals surface area contributed by atoms with E-state index >= 15 is 0 Å². The average Bonchev–Trinajstić information content (AvgIpc) is 2.73. The molecule has 1 aliphatic carbocycles. The predicted octanol–water partition coefficient (Wildman–Crippen LogP) is 3.45. The fraction of sp³-hybridized carbons (Fsp3) is 0.562. The van der Waals surface area contributed by atoms with E-state index in [-0.39, 0.29) is 5.91 Å².